The van der Waals surface area contributed by atoms with Crippen molar-refractivity contribution in [1.82, 2.24) is 19.7 Å². The van der Waals surface area contributed by atoms with Crippen LogP contribution in [0.3, 0.4) is 0 Å². The van der Waals surface area contributed by atoms with Gasteiger partial charge in [-0.1, -0.05) is 0 Å². The smallest absolute Gasteiger partial charge is 0.270 e. The average Bonchev–Trinajstić information content (AvgIpc) is 2.77. The number of carbonyl (C=O) groups excluding carboxylic acids is 2. The Morgan fingerprint density at radius 3 is 2.60 bits per heavy atom. The van der Waals surface area contributed by atoms with Crippen LogP contribution < -0.4 is 5.32 Å². The lowest BCUT2D eigenvalue weighted by atomic mass is 10.3. The van der Waals surface area contributed by atoms with Crippen LogP contribution in [-0.4, -0.2) is 66.0 Å². The van der Waals surface area contributed by atoms with Gasteiger partial charge in [0.1, 0.15) is 5.69 Å². The van der Waals surface area contributed by atoms with Crippen molar-refractivity contribution in [3.63, 3.8) is 0 Å². The van der Waals surface area contributed by atoms with Gasteiger partial charge in [0.05, 0.1) is 6.54 Å². The van der Waals surface area contributed by atoms with Gasteiger partial charge >= 0.3 is 0 Å². The molecule has 0 saturated carbocycles. The van der Waals surface area contributed by atoms with Crippen molar-refractivity contribution in [3.8, 4) is 0 Å². The largest absolute Gasteiger partial charge is 0.345 e. The zero-order valence-corrected chi connectivity index (χ0v) is 13.3. The standard InChI is InChI=1S/C13H19BrN4O2/c1-16-8-10(14)7-11(16)13(20)17(2)9-12(19)18-5-3-15-4-6-18/h7-8,15H,3-6,9H2,1-2H3. The predicted octanol–water partition coefficient (Wildman–Crippen LogP) is 0.291. The van der Waals surface area contributed by atoms with Gasteiger partial charge in [-0.25, -0.2) is 0 Å². The van der Waals surface area contributed by atoms with Crippen LogP contribution in [0.4, 0.5) is 0 Å². The second-order valence-electron chi connectivity index (χ2n) is 4.95. The summed E-state index contributed by atoms with van der Waals surface area (Å²) in [4.78, 5) is 27.7. The van der Waals surface area contributed by atoms with E-state index < -0.39 is 0 Å². The maximum Gasteiger partial charge on any atom is 0.270 e. The lowest BCUT2D eigenvalue weighted by Gasteiger charge is -2.29. The fourth-order valence-electron chi connectivity index (χ4n) is 2.22. The van der Waals surface area contributed by atoms with Crippen LogP contribution in [0.2, 0.25) is 0 Å². The summed E-state index contributed by atoms with van der Waals surface area (Å²) >= 11 is 3.34. The molecule has 1 aromatic heterocycles. The normalized spacial score (nSPS) is 15.2. The molecule has 6 nitrogen and oxygen atoms in total. The molecule has 1 aliphatic rings. The quantitative estimate of drug-likeness (QED) is 0.859. The van der Waals surface area contributed by atoms with Crippen LogP contribution in [0.5, 0.6) is 0 Å². The summed E-state index contributed by atoms with van der Waals surface area (Å²) in [5, 5.41) is 3.20. The molecular weight excluding hydrogens is 324 g/mol. The van der Waals surface area contributed by atoms with E-state index in [1.54, 1.807) is 22.6 Å². The van der Waals surface area contributed by atoms with E-state index in [-0.39, 0.29) is 18.4 Å². The van der Waals surface area contributed by atoms with Gasteiger partial charge < -0.3 is 19.7 Å². The molecular formula is C13H19BrN4O2. The summed E-state index contributed by atoms with van der Waals surface area (Å²) in [5.41, 5.74) is 0.562. The number of nitrogens with zero attached hydrogens (tertiary/aromatic N) is 3. The number of amides is 2. The number of hydrogen-bond donors (Lipinski definition) is 1. The highest BCUT2D eigenvalue weighted by Gasteiger charge is 2.22. The van der Waals surface area contributed by atoms with Gasteiger partial charge in [0.25, 0.3) is 5.91 Å². The molecule has 1 aromatic rings. The van der Waals surface area contributed by atoms with Crippen LogP contribution in [0.15, 0.2) is 16.7 Å². The fourth-order valence-corrected chi connectivity index (χ4v) is 2.75. The van der Waals surface area contributed by atoms with Crippen molar-refractivity contribution in [2.24, 2.45) is 7.05 Å². The van der Waals surface area contributed by atoms with E-state index in [9.17, 15) is 9.59 Å². The third-order valence-corrected chi connectivity index (χ3v) is 3.81. The maximum atomic E-state index is 12.3. The Bertz CT molecular complexity index is 508. The molecule has 0 atom stereocenters. The second-order valence-corrected chi connectivity index (χ2v) is 5.86. The fraction of sp³-hybridized carbons (Fsp3) is 0.538. The van der Waals surface area contributed by atoms with Gasteiger partial charge in [-0.15, -0.1) is 0 Å². The lowest BCUT2D eigenvalue weighted by molar-refractivity contribution is -0.132. The van der Waals surface area contributed by atoms with Crippen molar-refractivity contribution < 1.29 is 9.59 Å². The molecule has 0 unspecified atom stereocenters. The molecule has 20 heavy (non-hydrogen) atoms. The van der Waals surface area contributed by atoms with E-state index in [1.165, 1.54) is 4.90 Å². The monoisotopic (exact) mass is 342 g/mol. The molecule has 2 amide bonds. The lowest BCUT2D eigenvalue weighted by Crippen LogP contribution is -2.49. The Morgan fingerprint density at radius 1 is 1.40 bits per heavy atom. The molecule has 0 aromatic carbocycles. The first kappa shape index (κ1) is 15.1. The van der Waals surface area contributed by atoms with Crippen molar-refractivity contribution >= 4 is 27.7 Å². The molecule has 1 fully saturated rings. The van der Waals surface area contributed by atoms with E-state index in [1.807, 2.05) is 13.2 Å². The van der Waals surface area contributed by atoms with Crippen molar-refractivity contribution in [2.45, 2.75) is 0 Å². The van der Waals surface area contributed by atoms with E-state index in [2.05, 4.69) is 21.2 Å². The second kappa shape index (κ2) is 6.41. The molecule has 1 aliphatic heterocycles. The van der Waals surface area contributed by atoms with Gasteiger partial charge in [-0.3, -0.25) is 9.59 Å². The van der Waals surface area contributed by atoms with E-state index >= 15 is 0 Å². The summed E-state index contributed by atoms with van der Waals surface area (Å²) in [6, 6.07) is 1.76. The summed E-state index contributed by atoms with van der Waals surface area (Å²) in [7, 11) is 3.47. The Kier molecular flexibility index (Phi) is 4.82. The highest BCUT2D eigenvalue weighted by Crippen LogP contribution is 2.15. The summed E-state index contributed by atoms with van der Waals surface area (Å²) in [6.45, 7) is 3.15. The molecule has 1 N–H and O–H groups in total. The van der Waals surface area contributed by atoms with Gasteiger partial charge in [0, 0.05) is 50.9 Å². The summed E-state index contributed by atoms with van der Waals surface area (Å²) in [5.74, 6) is -0.155. The minimum atomic E-state index is -0.151. The molecule has 0 bridgehead atoms. The zero-order valence-electron chi connectivity index (χ0n) is 11.7. The number of hydrogen-bond acceptors (Lipinski definition) is 3. The SMILES string of the molecule is CN(CC(=O)N1CCNCC1)C(=O)c1cc(Br)cn1C. The van der Waals surface area contributed by atoms with Gasteiger partial charge in [-0.2, -0.15) is 0 Å². The van der Waals surface area contributed by atoms with Crippen LogP contribution in [-0.2, 0) is 11.8 Å². The third-order valence-electron chi connectivity index (χ3n) is 3.38. The van der Waals surface area contributed by atoms with E-state index in [4.69, 9.17) is 0 Å². The third kappa shape index (κ3) is 3.40. The number of nitrogens with one attached hydrogen (secondary N) is 1. The highest BCUT2D eigenvalue weighted by atomic mass is 79.9. The van der Waals surface area contributed by atoms with Gasteiger partial charge in [-0.05, 0) is 22.0 Å². The van der Waals surface area contributed by atoms with Crippen LogP contribution in [0.25, 0.3) is 0 Å². The Morgan fingerprint density at radius 2 is 2.05 bits per heavy atom. The van der Waals surface area contributed by atoms with Crippen LogP contribution in [0.1, 0.15) is 10.5 Å². The topological polar surface area (TPSA) is 57.6 Å². The minimum absolute atomic E-state index is 0.00405. The van der Waals surface area contributed by atoms with Crippen LogP contribution >= 0.6 is 15.9 Å². The molecule has 0 radical (unpaired) electrons. The Hall–Kier alpha value is -1.34. The Labute approximate surface area is 126 Å². The molecule has 1 saturated heterocycles. The number of aromatic nitrogens is 1. The highest BCUT2D eigenvalue weighted by molar-refractivity contribution is 9.10. The van der Waals surface area contributed by atoms with Crippen molar-refractivity contribution in [3.05, 3.63) is 22.4 Å². The number of aryl methyl sites for hydroxylation is 1. The number of carbonyl (C=O) groups is 2. The molecule has 0 aliphatic carbocycles. The molecule has 2 rings (SSSR count). The number of rotatable bonds is 3. The summed E-state index contributed by atoms with van der Waals surface area (Å²) in [6.07, 6.45) is 1.82. The average molecular weight is 343 g/mol. The van der Waals surface area contributed by atoms with Crippen molar-refractivity contribution in [2.75, 3.05) is 39.8 Å². The van der Waals surface area contributed by atoms with Gasteiger partial charge in [0.15, 0.2) is 0 Å². The minimum Gasteiger partial charge on any atom is -0.345 e. The first-order valence-electron chi connectivity index (χ1n) is 6.55. The van der Waals surface area contributed by atoms with Gasteiger partial charge in [0.2, 0.25) is 5.91 Å². The Balaban J connectivity index is 1.97. The predicted molar refractivity (Wildman–Crippen MR) is 79.5 cm³/mol. The number of likely N-dealkylation sites (N-methyl/N-ethyl adjacent to an activating group) is 1. The number of halogens is 1. The van der Waals surface area contributed by atoms with E-state index in [0.29, 0.717) is 18.8 Å². The summed E-state index contributed by atoms with van der Waals surface area (Å²) < 4.78 is 2.60. The first-order valence-corrected chi connectivity index (χ1v) is 7.34. The van der Waals surface area contributed by atoms with Crippen molar-refractivity contribution in [1.29, 1.82) is 0 Å². The molecule has 0 spiro atoms. The van der Waals surface area contributed by atoms with Crippen LogP contribution in [0, 0.1) is 0 Å². The molecule has 2 heterocycles. The van der Waals surface area contributed by atoms with E-state index in [0.717, 1.165) is 17.6 Å². The zero-order chi connectivity index (χ0) is 14.7. The maximum absolute atomic E-state index is 12.3. The molecule has 7 heteroatoms. The molecule has 110 valence electrons. The number of piperazine rings is 1. The first-order chi connectivity index (χ1) is 9.49.